The average molecular weight is 447 g/mol. The third kappa shape index (κ3) is 3.07. The van der Waals surface area contributed by atoms with E-state index in [-0.39, 0.29) is 0 Å². The lowest BCUT2D eigenvalue weighted by Gasteiger charge is -2.69. The van der Waals surface area contributed by atoms with Crippen molar-refractivity contribution in [2.24, 2.45) is 51.2 Å². The number of hydrogen-bond acceptors (Lipinski definition) is 0. The van der Waals surface area contributed by atoms with Crippen molar-refractivity contribution in [1.29, 1.82) is 0 Å². The first-order valence-corrected chi connectivity index (χ1v) is 14.7. The van der Waals surface area contributed by atoms with E-state index in [1.165, 1.54) is 56.9 Å². The van der Waals surface area contributed by atoms with Crippen molar-refractivity contribution in [2.75, 3.05) is 0 Å². The summed E-state index contributed by atoms with van der Waals surface area (Å²) in [4.78, 5) is 0. The normalized spacial score (nSPS) is 50.6. The van der Waals surface area contributed by atoms with Crippen molar-refractivity contribution in [2.45, 2.75) is 118 Å². The van der Waals surface area contributed by atoms with Crippen LogP contribution in [0.4, 0.5) is 0 Å². The molecular formula is C33H50. The van der Waals surface area contributed by atoms with Crippen LogP contribution in [0.2, 0.25) is 0 Å². The van der Waals surface area contributed by atoms with Crippen molar-refractivity contribution in [1.82, 2.24) is 0 Å². The van der Waals surface area contributed by atoms with E-state index in [2.05, 4.69) is 65.8 Å². The van der Waals surface area contributed by atoms with Gasteiger partial charge in [-0.2, -0.15) is 0 Å². The highest BCUT2D eigenvalue weighted by atomic mass is 14.7. The first kappa shape index (κ1) is 22.7. The molecule has 0 aliphatic heterocycles. The highest BCUT2D eigenvalue weighted by molar-refractivity contribution is 5.28. The summed E-state index contributed by atoms with van der Waals surface area (Å²) in [5.74, 6) is 5.67. The van der Waals surface area contributed by atoms with Crippen LogP contribution in [0.25, 0.3) is 0 Å². The standard InChI is InChI=1S/C33H50/c1-22-9-11-23(12-10-22)25-16-20-33(6)28(30(25,2)3)17-21-32(5)27-15-19-31(4)18-7-8-26(31)24(27)13-14-29(32)33/h9-12,24-29H,7-8,13-21H2,1-6H3. The lowest BCUT2D eigenvalue weighted by atomic mass is 9.35. The zero-order valence-electron chi connectivity index (χ0n) is 22.6. The average Bonchev–Trinajstić information content (AvgIpc) is 3.16. The van der Waals surface area contributed by atoms with Gasteiger partial charge in [-0.3, -0.25) is 0 Å². The fraction of sp³-hybridized carbons (Fsp3) is 0.818. The van der Waals surface area contributed by atoms with Crippen molar-refractivity contribution >= 4 is 0 Å². The van der Waals surface area contributed by atoms with Crippen LogP contribution in [0.5, 0.6) is 0 Å². The van der Waals surface area contributed by atoms with E-state index in [1.54, 1.807) is 24.8 Å². The van der Waals surface area contributed by atoms with Gasteiger partial charge in [0.1, 0.15) is 0 Å². The van der Waals surface area contributed by atoms with Gasteiger partial charge in [0.25, 0.3) is 0 Å². The SMILES string of the molecule is Cc1ccc(C2CCC3(C)C(CCC4(C)C5CCC6(C)CCCC6C5CCC43)C2(C)C)cc1. The van der Waals surface area contributed by atoms with E-state index in [1.807, 2.05) is 0 Å². The summed E-state index contributed by atoms with van der Waals surface area (Å²) in [6.45, 7) is 15.8. The lowest BCUT2D eigenvalue weighted by Crippen LogP contribution is -2.62. The summed E-state index contributed by atoms with van der Waals surface area (Å²) in [6.07, 6.45) is 16.6. The topological polar surface area (TPSA) is 0 Å². The zero-order chi connectivity index (χ0) is 23.2. The third-order valence-electron chi connectivity index (χ3n) is 13.5. The molecule has 0 radical (unpaired) electrons. The van der Waals surface area contributed by atoms with Crippen molar-refractivity contribution < 1.29 is 0 Å². The fourth-order valence-electron chi connectivity index (χ4n) is 12.0. The molecule has 0 heteroatoms. The van der Waals surface area contributed by atoms with Gasteiger partial charge in [-0.1, -0.05) is 70.9 Å². The Hall–Kier alpha value is -0.780. The number of benzene rings is 1. The molecule has 0 N–H and O–H groups in total. The predicted molar refractivity (Wildman–Crippen MR) is 140 cm³/mol. The van der Waals surface area contributed by atoms with Gasteiger partial charge in [0.15, 0.2) is 0 Å². The van der Waals surface area contributed by atoms with Gasteiger partial charge in [-0.15, -0.1) is 0 Å². The van der Waals surface area contributed by atoms with Gasteiger partial charge in [-0.05, 0) is 134 Å². The summed E-state index contributed by atoms with van der Waals surface area (Å²) in [6, 6.07) is 9.59. The maximum absolute atomic E-state index is 2.80. The first-order chi connectivity index (χ1) is 15.6. The van der Waals surface area contributed by atoms with E-state index in [9.17, 15) is 0 Å². The number of fused-ring (bicyclic) bond motifs is 7. The maximum atomic E-state index is 2.80. The van der Waals surface area contributed by atoms with E-state index in [0.29, 0.717) is 21.7 Å². The summed E-state index contributed by atoms with van der Waals surface area (Å²) in [7, 11) is 0. The van der Waals surface area contributed by atoms with Crippen LogP contribution >= 0.6 is 0 Å². The molecule has 1 aromatic carbocycles. The van der Waals surface area contributed by atoms with Crippen LogP contribution in [0, 0.1) is 58.2 Å². The molecule has 6 rings (SSSR count). The molecule has 0 spiro atoms. The minimum Gasteiger partial charge on any atom is -0.0594 e. The highest BCUT2D eigenvalue weighted by Gasteiger charge is 2.65. The summed E-state index contributed by atoms with van der Waals surface area (Å²) >= 11 is 0. The van der Waals surface area contributed by atoms with E-state index in [4.69, 9.17) is 0 Å². The van der Waals surface area contributed by atoms with Gasteiger partial charge in [0.05, 0.1) is 0 Å². The van der Waals surface area contributed by atoms with Crippen LogP contribution in [0.15, 0.2) is 24.3 Å². The molecule has 0 bridgehead atoms. The molecule has 0 amide bonds. The highest BCUT2D eigenvalue weighted by Crippen LogP contribution is 2.74. The molecule has 33 heavy (non-hydrogen) atoms. The summed E-state index contributed by atoms with van der Waals surface area (Å²) in [5.41, 5.74) is 5.24. The predicted octanol–water partition coefficient (Wildman–Crippen LogP) is 9.56. The van der Waals surface area contributed by atoms with Gasteiger partial charge >= 0.3 is 0 Å². The Morgan fingerprint density at radius 3 is 2.12 bits per heavy atom. The van der Waals surface area contributed by atoms with Gasteiger partial charge in [0, 0.05) is 0 Å². The maximum Gasteiger partial charge on any atom is -0.0108 e. The lowest BCUT2D eigenvalue weighted by molar-refractivity contribution is -0.198. The molecule has 9 atom stereocenters. The second kappa shape index (κ2) is 7.36. The van der Waals surface area contributed by atoms with Gasteiger partial charge < -0.3 is 0 Å². The number of rotatable bonds is 1. The van der Waals surface area contributed by atoms with Crippen LogP contribution in [-0.4, -0.2) is 0 Å². The van der Waals surface area contributed by atoms with Crippen LogP contribution in [0.1, 0.15) is 122 Å². The van der Waals surface area contributed by atoms with E-state index in [0.717, 1.165) is 35.5 Å². The van der Waals surface area contributed by atoms with E-state index < -0.39 is 0 Å². The minimum absolute atomic E-state index is 0.400. The quantitative estimate of drug-likeness (QED) is 0.403. The fourth-order valence-corrected chi connectivity index (χ4v) is 12.0. The molecule has 5 fully saturated rings. The summed E-state index contributed by atoms with van der Waals surface area (Å²) in [5, 5.41) is 0. The van der Waals surface area contributed by atoms with Gasteiger partial charge in [-0.25, -0.2) is 0 Å². The molecule has 9 unspecified atom stereocenters. The second-order valence-electron chi connectivity index (χ2n) is 15.0. The Morgan fingerprint density at radius 2 is 1.36 bits per heavy atom. The summed E-state index contributed by atoms with van der Waals surface area (Å²) < 4.78 is 0. The minimum atomic E-state index is 0.400. The Labute approximate surface area is 204 Å². The molecule has 182 valence electrons. The molecule has 0 aromatic heterocycles. The van der Waals surface area contributed by atoms with Crippen LogP contribution < -0.4 is 0 Å². The Kier molecular flexibility index (Phi) is 5.06. The van der Waals surface area contributed by atoms with Crippen molar-refractivity contribution in [3.63, 3.8) is 0 Å². The number of aryl methyl sites for hydroxylation is 1. The Morgan fingerprint density at radius 1 is 0.636 bits per heavy atom. The molecule has 0 nitrogen and oxygen atoms in total. The van der Waals surface area contributed by atoms with Crippen molar-refractivity contribution in [3.8, 4) is 0 Å². The molecule has 5 aliphatic carbocycles. The zero-order valence-corrected chi connectivity index (χ0v) is 22.6. The largest absolute Gasteiger partial charge is 0.0594 e. The molecule has 5 aliphatic rings. The smallest absolute Gasteiger partial charge is 0.0108 e. The number of hydrogen-bond donors (Lipinski definition) is 0. The van der Waals surface area contributed by atoms with Gasteiger partial charge in [0.2, 0.25) is 0 Å². The Balaban J connectivity index is 1.31. The molecule has 1 aromatic rings. The van der Waals surface area contributed by atoms with Crippen LogP contribution in [-0.2, 0) is 0 Å². The Bertz CT molecular complexity index is 893. The molecule has 0 heterocycles. The first-order valence-electron chi connectivity index (χ1n) is 14.7. The molecule has 0 saturated heterocycles. The van der Waals surface area contributed by atoms with Crippen molar-refractivity contribution in [3.05, 3.63) is 35.4 Å². The monoisotopic (exact) mass is 446 g/mol. The third-order valence-corrected chi connectivity index (χ3v) is 13.5. The second-order valence-corrected chi connectivity index (χ2v) is 15.0. The molecular weight excluding hydrogens is 396 g/mol. The van der Waals surface area contributed by atoms with Crippen LogP contribution in [0.3, 0.4) is 0 Å². The molecule has 5 saturated carbocycles. The van der Waals surface area contributed by atoms with E-state index >= 15 is 0 Å².